The molecule has 0 saturated heterocycles. The molecule has 0 aromatic carbocycles. The van der Waals surface area contributed by atoms with Gasteiger partial charge in [0.2, 0.25) is 0 Å². The lowest BCUT2D eigenvalue weighted by Crippen LogP contribution is -2.25. The SMILES string of the molecule is CCn1nc(C(=O)O)c2c1CCNC2.Cl.O. The Bertz CT molecular complexity index is 378. The normalized spacial score (nSPS) is 13.3. The van der Waals surface area contributed by atoms with E-state index in [2.05, 4.69) is 10.4 Å². The van der Waals surface area contributed by atoms with Gasteiger partial charge in [-0.2, -0.15) is 5.10 Å². The van der Waals surface area contributed by atoms with Gasteiger partial charge in [0.25, 0.3) is 0 Å². The quantitative estimate of drug-likeness (QED) is 0.761. The number of fused-ring (bicyclic) bond motifs is 1. The molecule has 1 aliphatic rings. The standard InChI is InChI=1S/C9H13N3O2.ClH.H2O/c1-2-12-7-3-4-10-5-6(7)8(11-12)9(13)14;;/h10H,2-5H2,1H3,(H,13,14);1H;1H2. The summed E-state index contributed by atoms with van der Waals surface area (Å²) in [5.41, 5.74) is 2.13. The van der Waals surface area contributed by atoms with Crippen LogP contribution in [-0.2, 0) is 19.5 Å². The molecule has 7 heteroatoms. The molecular formula is C9H16ClN3O3. The summed E-state index contributed by atoms with van der Waals surface area (Å²) in [7, 11) is 0. The molecule has 2 heterocycles. The van der Waals surface area contributed by atoms with E-state index in [1.165, 1.54) is 0 Å². The summed E-state index contributed by atoms with van der Waals surface area (Å²) in [5.74, 6) is -0.933. The number of hydrogen-bond donors (Lipinski definition) is 2. The third-order valence-corrected chi connectivity index (χ3v) is 2.51. The highest BCUT2D eigenvalue weighted by Gasteiger charge is 2.23. The van der Waals surface area contributed by atoms with Crippen LogP contribution in [0.5, 0.6) is 0 Å². The summed E-state index contributed by atoms with van der Waals surface area (Å²) in [6.07, 6.45) is 0.865. The zero-order valence-corrected chi connectivity index (χ0v) is 9.80. The number of carboxylic acid groups (broad SMARTS) is 1. The number of hydrogen-bond acceptors (Lipinski definition) is 3. The highest BCUT2D eigenvalue weighted by atomic mass is 35.5. The van der Waals surface area contributed by atoms with Crippen molar-refractivity contribution in [2.24, 2.45) is 0 Å². The molecular weight excluding hydrogens is 234 g/mol. The van der Waals surface area contributed by atoms with E-state index >= 15 is 0 Å². The number of rotatable bonds is 2. The maximum atomic E-state index is 10.9. The van der Waals surface area contributed by atoms with Gasteiger partial charge >= 0.3 is 5.97 Å². The van der Waals surface area contributed by atoms with Gasteiger partial charge in [-0.15, -0.1) is 12.4 Å². The molecule has 1 aromatic rings. The summed E-state index contributed by atoms with van der Waals surface area (Å²) >= 11 is 0. The number of aromatic nitrogens is 2. The Balaban J connectivity index is 0.00000112. The summed E-state index contributed by atoms with van der Waals surface area (Å²) in [5, 5.41) is 16.2. The Labute approximate surface area is 99.4 Å². The van der Waals surface area contributed by atoms with Gasteiger partial charge in [0.1, 0.15) is 0 Å². The summed E-state index contributed by atoms with van der Waals surface area (Å²) in [6.45, 7) is 4.23. The lowest BCUT2D eigenvalue weighted by Gasteiger charge is -2.14. The van der Waals surface area contributed by atoms with Crippen molar-refractivity contribution in [3.63, 3.8) is 0 Å². The first kappa shape index (κ1) is 14.9. The van der Waals surface area contributed by atoms with Crippen LogP contribution in [0.25, 0.3) is 0 Å². The van der Waals surface area contributed by atoms with E-state index in [1.807, 2.05) is 6.92 Å². The van der Waals surface area contributed by atoms with Crippen LogP contribution in [0.3, 0.4) is 0 Å². The smallest absolute Gasteiger partial charge is 0.356 e. The molecule has 0 atom stereocenters. The van der Waals surface area contributed by atoms with Crippen molar-refractivity contribution in [2.75, 3.05) is 6.54 Å². The molecule has 92 valence electrons. The predicted octanol–water partition coefficient (Wildman–Crippen LogP) is -0.156. The van der Waals surface area contributed by atoms with Gasteiger partial charge < -0.3 is 15.9 Å². The minimum Gasteiger partial charge on any atom is -0.476 e. The van der Waals surface area contributed by atoms with Crippen molar-refractivity contribution in [3.05, 3.63) is 17.0 Å². The molecule has 0 radical (unpaired) electrons. The van der Waals surface area contributed by atoms with Gasteiger partial charge in [0.05, 0.1) is 0 Å². The first-order chi connectivity index (χ1) is 6.74. The van der Waals surface area contributed by atoms with E-state index in [0.29, 0.717) is 6.54 Å². The van der Waals surface area contributed by atoms with E-state index in [-0.39, 0.29) is 23.6 Å². The fourth-order valence-electron chi connectivity index (χ4n) is 1.85. The molecule has 1 aliphatic heterocycles. The van der Waals surface area contributed by atoms with E-state index in [0.717, 1.165) is 30.8 Å². The Morgan fingerprint density at radius 1 is 1.62 bits per heavy atom. The van der Waals surface area contributed by atoms with Crippen LogP contribution in [0.2, 0.25) is 0 Å². The first-order valence-corrected chi connectivity index (χ1v) is 4.76. The van der Waals surface area contributed by atoms with Crippen LogP contribution in [0.4, 0.5) is 0 Å². The highest BCUT2D eigenvalue weighted by Crippen LogP contribution is 2.18. The third-order valence-electron chi connectivity index (χ3n) is 2.51. The van der Waals surface area contributed by atoms with Gasteiger partial charge in [-0.3, -0.25) is 4.68 Å². The number of carboxylic acids is 1. The van der Waals surface area contributed by atoms with Crippen molar-refractivity contribution in [1.29, 1.82) is 0 Å². The molecule has 0 amide bonds. The number of aryl methyl sites for hydroxylation is 1. The van der Waals surface area contributed by atoms with Gasteiger partial charge in [0.15, 0.2) is 5.69 Å². The average molecular weight is 250 g/mol. The molecule has 0 fully saturated rings. The van der Waals surface area contributed by atoms with E-state index in [1.54, 1.807) is 4.68 Å². The number of halogens is 1. The van der Waals surface area contributed by atoms with Gasteiger partial charge in [-0.25, -0.2) is 4.79 Å². The Hall–Kier alpha value is -1.11. The van der Waals surface area contributed by atoms with Crippen molar-refractivity contribution in [1.82, 2.24) is 15.1 Å². The van der Waals surface area contributed by atoms with Gasteiger partial charge in [-0.05, 0) is 6.92 Å². The Morgan fingerprint density at radius 2 is 2.31 bits per heavy atom. The Morgan fingerprint density at radius 3 is 2.88 bits per heavy atom. The number of nitrogens with one attached hydrogen (secondary N) is 1. The molecule has 2 rings (SSSR count). The predicted molar refractivity (Wildman–Crippen MR) is 61.1 cm³/mol. The second-order valence-electron chi connectivity index (χ2n) is 3.32. The van der Waals surface area contributed by atoms with Crippen LogP contribution in [0.15, 0.2) is 0 Å². The molecule has 0 spiro atoms. The van der Waals surface area contributed by atoms with Crippen LogP contribution < -0.4 is 5.32 Å². The number of aromatic carboxylic acids is 1. The van der Waals surface area contributed by atoms with E-state index in [4.69, 9.17) is 5.11 Å². The Kier molecular flexibility index (Phi) is 5.43. The van der Waals surface area contributed by atoms with Crippen LogP contribution in [-0.4, -0.2) is 32.9 Å². The number of nitrogens with zero attached hydrogens (tertiary/aromatic N) is 2. The van der Waals surface area contributed by atoms with Gasteiger partial charge in [0, 0.05) is 37.3 Å². The van der Waals surface area contributed by atoms with Crippen molar-refractivity contribution in [2.45, 2.75) is 26.4 Å². The molecule has 6 nitrogen and oxygen atoms in total. The zero-order chi connectivity index (χ0) is 10.1. The second-order valence-corrected chi connectivity index (χ2v) is 3.32. The second kappa shape index (κ2) is 5.83. The van der Waals surface area contributed by atoms with Gasteiger partial charge in [-0.1, -0.05) is 0 Å². The molecule has 0 bridgehead atoms. The maximum Gasteiger partial charge on any atom is 0.356 e. The van der Waals surface area contributed by atoms with Crippen molar-refractivity contribution in [3.8, 4) is 0 Å². The topological polar surface area (TPSA) is 98.7 Å². The first-order valence-electron chi connectivity index (χ1n) is 4.76. The van der Waals surface area contributed by atoms with Crippen molar-refractivity contribution >= 4 is 18.4 Å². The molecule has 0 saturated carbocycles. The molecule has 0 unspecified atom stereocenters. The highest BCUT2D eigenvalue weighted by molar-refractivity contribution is 5.87. The van der Waals surface area contributed by atoms with Crippen LogP contribution in [0, 0.1) is 0 Å². The van der Waals surface area contributed by atoms with Crippen LogP contribution >= 0.6 is 12.4 Å². The van der Waals surface area contributed by atoms with E-state index in [9.17, 15) is 4.79 Å². The lowest BCUT2D eigenvalue weighted by atomic mass is 10.1. The molecule has 1 aromatic heterocycles. The molecule has 16 heavy (non-hydrogen) atoms. The fraction of sp³-hybridized carbons (Fsp3) is 0.556. The largest absolute Gasteiger partial charge is 0.476 e. The van der Waals surface area contributed by atoms with E-state index < -0.39 is 5.97 Å². The zero-order valence-electron chi connectivity index (χ0n) is 8.99. The summed E-state index contributed by atoms with van der Waals surface area (Å²) in [6, 6.07) is 0. The number of carbonyl (C=O) groups is 1. The average Bonchev–Trinajstić information content (AvgIpc) is 2.56. The fourth-order valence-corrected chi connectivity index (χ4v) is 1.85. The summed E-state index contributed by atoms with van der Waals surface area (Å²) in [4.78, 5) is 10.9. The third kappa shape index (κ3) is 2.34. The monoisotopic (exact) mass is 249 g/mol. The maximum absolute atomic E-state index is 10.9. The minimum atomic E-state index is -0.933. The molecule has 0 aliphatic carbocycles. The van der Waals surface area contributed by atoms with Crippen LogP contribution in [0.1, 0.15) is 28.7 Å². The lowest BCUT2D eigenvalue weighted by molar-refractivity contribution is 0.0688. The van der Waals surface area contributed by atoms with Crippen molar-refractivity contribution < 1.29 is 15.4 Å². The summed E-state index contributed by atoms with van der Waals surface area (Å²) < 4.78 is 1.79. The minimum absolute atomic E-state index is 0. The molecule has 4 N–H and O–H groups in total.